The van der Waals surface area contributed by atoms with Crippen LogP contribution in [-0.2, 0) is 5.11 Å². The van der Waals surface area contributed by atoms with E-state index in [1.165, 1.54) is 18.3 Å². The first-order valence-corrected chi connectivity index (χ1v) is 4.36. The minimum Gasteiger partial charge on any atom is -0.329 e. The van der Waals surface area contributed by atoms with Crippen LogP contribution in [0.2, 0.25) is 5.02 Å². The number of hydrogen-bond acceptors (Lipinski definition) is 0. The molecule has 0 bridgehead atoms. The van der Waals surface area contributed by atoms with Gasteiger partial charge in [0.2, 0.25) is 0 Å². The molecule has 0 unspecified atom stereocenters. The van der Waals surface area contributed by atoms with E-state index in [1.807, 2.05) is 0 Å². The van der Waals surface area contributed by atoms with Gasteiger partial charge < -0.3 is 4.98 Å². The van der Waals surface area contributed by atoms with Crippen molar-refractivity contribution in [1.29, 1.82) is 0 Å². The smallest absolute Gasteiger partial charge is 0.255 e. The van der Waals surface area contributed by atoms with Gasteiger partial charge in [0, 0.05) is 11.8 Å². The van der Waals surface area contributed by atoms with Gasteiger partial charge in [-0.1, -0.05) is 17.7 Å². The van der Waals surface area contributed by atoms with E-state index in [0.29, 0.717) is 11.1 Å². The normalized spacial score (nSPS) is 10.4. The maximum atomic E-state index is 13.1. The van der Waals surface area contributed by atoms with Crippen LogP contribution in [-0.4, -0.2) is 4.98 Å². The summed E-state index contributed by atoms with van der Waals surface area (Å²) in [5.74, 6) is -0.753. The van der Waals surface area contributed by atoms with Gasteiger partial charge in [0.15, 0.2) is 0 Å². The van der Waals surface area contributed by atoms with E-state index in [9.17, 15) is 9.50 Å². The first kappa shape index (κ1) is 9.09. The molecule has 0 spiro atoms. The van der Waals surface area contributed by atoms with Gasteiger partial charge in [0.25, 0.3) is 5.88 Å². The highest BCUT2D eigenvalue weighted by atomic mass is 35.5. The summed E-state index contributed by atoms with van der Waals surface area (Å²) in [7, 11) is 0. The van der Waals surface area contributed by atoms with Crippen molar-refractivity contribution in [3.05, 3.63) is 41.3 Å². The third-order valence-corrected chi connectivity index (χ3v) is 2.25. The molecule has 0 aliphatic carbocycles. The summed E-state index contributed by atoms with van der Waals surface area (Å²) in [6, 6.07) is 5.88. The molecule has 0 saturated heterocycles. The third-order valence-electron chi connectivity index (χ3n) is 1.94. The summed E-state index contributed by atoms with van der Waals surface area (Å²) in [5, 5.41) is 11.3. The van der Waals surface area contributed by atoms with Crippen LogP contribution in [0, 0.1) is 5.82 Å². The molecule has 14 heavy (non-hydrogen) atoms. The fourth-order valence-corrected chi connectivity index (χ4v) is 1.36. The second-order valence-electron chi connectivity index (χ2n) is 2.85. The van der Waals surface area contributed by atoms with E-state index in [0.717, 1.165) is 0 Å². The van der Waals surface area contributed by atoms with Crippen molar-refractivity contribution in [1.82, 2.24) is 4.98 Å². The average Bonchev–Trinajstić information content (AvgIpc) is 2.57. The summed E-state index contributed by atoms with van der Waals surface area (Å²) in [6.07, 6.45) is 1.52. The molecule has 2 rings (SSSR count). The Hall–Kier alpha value is -1.48. The van der Waals surface area contributed by atoms with Gasteiger partial charge in [-0.25, -0.2) is 4.39 Å². The molecule has 1 heterocycles. The highest BCUT2D eigenvalue weighted by molar-refractivity contribution is 6.30. The standard InChI is InChI=1S/C10H6ClFNO/c11-8-2-1-6(5-9(8)12)7-3-4-13-10(7)14/h1-5,13H. The van der Waals surface area contributed by atoms with E-state index in [1.54, 1.807) is 12.1 Å². The molecule has 0 aliphatic rings. The molecule has 0 amide bonds. The number of halogens is 2. The van der Waals surface area contributed by atoms with Gasteiger partial charge in [0.1, 0.15) is 5.82 Å². The summed E-state index contributed by atoms with van der Waals surface area (Å²) in [6.45, 7) is 0. The molecule has 4 heteroatoms. The monoisotopic (exact) mass is 210 g/mol. The molecule has 0 atom stereocenters. The maximum Gasteiger partial charge on any atom is 0.255 e. The molecule has 1 aromatic heterocycles. The quantitative estimate of drug-likeness (QED) is 0.746. The molecule has 2 nitrogen and oxygen atoms in total. The summed E-state index contributed by atoms with van der Waals surface area (Å²) in [4.78, 5) is 2.49. The summed E-state index contributed by atoms with van der Waals surface area (Å²) in [5.41, 5.74) is 0.971. The van der Waals surface area contributed by atoms with Crippen LogP contribution in [0.5, 0.6) is 5.88 Å². The fourth-order valence-electron chi connectivity index (χ4n) is 1.25. The number of aromatic nitrogens is 1. The van der Waals surface area contributed by atoms with E-state index < -0.39 is 5.82 Å². The predicted octanol–water partition coefficient (Wildman–Crippen LogP) is 3.62. The second-order valence-corrected chi connectivity index (χ2v) is 3.26. The van der Waals surface area contributed by atoms with E-state index in [4.69, 9.17) is 11.6 Å². The minimum atomic E-state index is -0.523. The molecular formula is C10H6ClFNO. The van der Waals surface area contributed by atoms with Crippen LogP contribution < -0.4 is 0 Å². The van der Waals surface area contributed by atoms with Crippen molar-refractivity contribution in [2.45, 2.75) is 0 Å². The third kappa shape index (κ3) is 1.46. The Balaban J connectivity index is 2.53. The zero-order chi connectivity index (χ0) is 10.1. The van der Waals surface area contributed by atoms with Crippen molar-refractivity contribution in [2.24, 2.45) is 0 Å². The summed E-state index contributed by atoms with van der Waals surface area (Å²) < 4.78 is 13.1. The summed E-state index contributed by atoms with van der Waals surface area (Å²) >= 11 is 5.52. The predicted molar refractivity (Wildman–Crippen MR) is 51.3 cm³/mol. The SMILES string of the molecule is [O]c1[nH]ccc1-c1ccc(Cl)c(F)c1. The largest absolute Gasteiger partial charge is 0.329 e. The molecule has 0 fully saturated rings. The lowest BCUT2D eigenvalue weighted by atomic mass is 10.1. The number of benzene rings is 1. The topological polar surface area (TPSA) is 35.7 Å². The molecule has 1 aromatic carbocycles. The molecule has 2 aromatic rings. The Bertz CT molecular complexity index is 467. The number of nitrogens with one attached hydrogen (secondary N) is 1. The van der Waals surface area contributed by atoms with Crippen molar-refractivity contribution in [3.63, 3.8) is 0 Å². The first-order valence-electron chi connectivity index (χ1n) is 3.98. The van der Waals surface area contributed by atoms with E-state index in [2.05, 4.69) is 4.98 Å². The average molecular weight is 211 g/mol. The Morgan fingerprint density at radius 3 is 2.64 bits per heavy atom. The number of rotatable bonds is 1. The number of hydrogen-bond donors (Lipinski definition) is 1. The Morgan fingerprint density at radius 1 is 1.29 bits per heavy atom. The molecule has 71 valence electrons. The van der Waals surface area contributed by atoms with Crippen LogP contribution in [0.15, 0.2) is 30.5 Å². The van der Waals surface area contributed by atoms with E-state index in [-0.39, 0.29) is 10.9 Å². The Morgan fingerprint density at radius 2 is 2.07 bits per heavy atom. The molecule has 1 N–H and O–H groups in total. The van der Waals surface area contributed by atoms with Gasteiger partial charge in [0.05, 0.1) is 5.02 Å². The zero-order valence-electron chi connectivity index (χ0n) is 7.05. The molecule has 0 aliphatic heterocycles. The van der Waals surface area contributed by atoms with Crippen LogP contribution in [0.25, 0.3) is 11.1 Å². The number of aromatic amines is 1. The second kappa shape index (κ2) is 3.35. The fraction of sp³-hybridized carbons (Fsp3) is 0. The van der Waals surface area contributed by atoms with Crippen LogP contribution in [0.3, 0.4) is 0 Å². The van der Waals surface area contributed by atoms with Crippen molar-refractivity contribution in [3.8, 4) is 17.0 Å². The lowest BCUT2D eigenvalue weighted by Crippen LogP contribution is -1.79. The van der Waals surface area contributed by atoms with Crippen molar-refractivity contribution >= 4 is 11.6 Å². The molecule has 0 saturated carbocycles. The molecule has 1 radical (unpaired) electrons. The Kier molecular flexibility index (Phi) is 2.17. The minimum absolute atomic E-state index is 0.0525. The van der Waals surface area contributed by atoms with Gasteiger partial charge >= 0.3 is 0 Å². The number of H-pyrrole nitrogens is 1. The van der Waals surface area contributed by atoms with Gasteiger partial charge in [-0.05, 0) is 23.8 Å². The van der Waals surface area contributed by atoms with Gasteiger partial charge in [-0.2, -0.15) is 0 Å². The van der Waals surface area contributed by atoms with Gasteiger partial charge in [-0.3, -0.25) is 5.11 Å². The molecular weight excluding hydrogens is 205 g/mol. The lowest BCUT2D eigenvalue weighted by Gasteiger charge is -1.99. The Labute approximate surface area is 85.0 Å². The van der Waals surface area contributed by atoms with Crippen LogP contribution in [0.1, 0.15) is 0 Å². The highest BCUT2D eigenvalue weighted by Gasteiger charge is 2.08. The first-order chi connectivity index (χ1) is 6.68. The van der Waals surface area contributed by atoms with Crippen LogP contribution in [0.4, 0.5) is 4.39 Å². The van der Waals surface area contributed by atoms with E-state index >= 15 is 0 Å². The zero-order valence-corrected chi connectivity index (χ0v) is 7.81. The van der Waals surface area contributed by atoms with Crippen molar-refractivity contribution < 1.29 is 9.50 Å². The maximum absolute atomic E-state index is 13.1. The van der Waals surface area contributed by atoms with Crippen LogP contribution >= 0.6 is 11.6 Å². The highest BCUT2D eigenvalue weighted by Crippen LogP contribution is 2.30. The van der Waals surface area contributed by atoms with Crippen molar-refractivity contribution in [2.75, 3.05) is 0 Å². The van der Waals surface area contributed by atoms with Gasteiger partial charge in [-0.15, -0.1) is 0 Å². The lowest BCUT2D eigenvalue weighted by molar-refractivity contribution is 0.342.